The first kappa shape index (κ1) is 17.8. The molecule has 0 radical (unpaired) electrons. The molecule has 3 heterocycles. The normalized spacial score (nSPS) is 13.1. The van der Waals surface area contributed by atoms with Gasteiger partial charge in [0.05, 0.1) is 11.1 Å². The highest BCUT2D eigenvalue weighted by molar-refractivity contribution is 14.1. The van der Waals surface area contributed by atoms with Gasteiger partial charge in [0.1, 0.15) is 0 Å². The zero-order valence-corrected chi connectivity index (χ0v) is 18.0. The molecule has 1 amide bonds. The maximum Gasteiger partial charge on any atom is 0.231 e. The van der Waals surface area contributed by atoms with Crippen LogP contribution in [0.2, 0.25) is 0 Å². The number of thiophene rings is 1. The number of carbonyl (C=O) groups is 1. The molecule has 1 aliphatic rings. The van der Waals surface area contributed by atoms with Gasteiger partial charge in [-0.3, -0.25) is 9.78 Å². The summed E-state index contributed by atoms with van der Waals surface area (Å²) in [6, 6.07) is 16.4. The molecule has 0 unspecified atom stereocenters. The number of nitrogens with zero attached hydrogens (tertiary/aromatic N) is 2. The molecule has 2 aromatic carbocycles. The third kappa shape index (κ3) is 3.12. The minimum atomic E-state index is 0.164. The van der Waals surface area contributed by atoms with Gasteiger partial charge in [-0.15, -0.1) is 11.3 Å². The average Bonchev–Trinajstić information content (AvgIpc) is 3.33. The summed E-state index contributed by atoms with van der Waals surface area (Å²) in [6.45, 7) is 0.758. The Labute approximate surface area is 181 Å². The fraction of sp³-hybridized carbons (Fsp3) is 0.130. The van der Waals surface area contributed by atoms with Gasteiger partial charge in [0.25, 0.3) is 0 Å². The van der Waals surface area contributed by atoms with Crippen LogP contribution in [-0.4, -0.2) is 17.4 Å². The lowest BCUT2D eigenvalue weighted by Gasteiger charge is -2.17. The molecule has 0 spiro atoms. The van der Waals surface area contributed by atoms with E-state index >= 15 is 0 Å². The van der Waals surface area contributed by atoms with Gasteiger partial charge in [-0.2, -0.15) is 0 Å². The Hall–Kier alpha value is -2.25. The quantitative estimate of drug-likeness (QED) is 0.341. The zero-order chi connectivity index (χ0) is 19.1. The largest absolute Gasteiger partial charge is 0.312 e. The van der Waals surface area contributed by atoms with E-state index in [0.29, 0.717) is 6.42 Å². The molecule has 0 N–H and O–H groups in total. The van der Waals surface area contributed by atoms with Crippen molar-refractivity contribution >= 4 is 55.6 Å². The van der Waals surface area contributed by atoms with Crippen LogP contribution in [0.5, 0.6) is 0 Å². The third-order valence-corrected chi connectivity index (χ3v) is 7.44. The van der Waals surface area contributed by atoms with Gasteiger partial charge >= 0.3 is 0 Å². The van der Waals surface area contributed by atoms with E-state index in [9.17, 15) is 4.79 Å². The Kier molecular flexibility index (Phi) is 4.64. The Balaban J connectivity index is 1.45. The third-order valence-electron chi connectivity index (χ3n) is 5.22. The van der Waals surface area contributed by atoms with Crippen molar-refractivity contribution in [2.45, 2.75) is 12.8 Å². The van der Waals surface area contributed by atoms with Crippen LogP contribution in [0.4, 0.5) is 5.69 Å². The molecule has 3 nitrogen and oxygen atoms in total. The van der Waals surface area contributed by atoms with Gasteiger partial charge in [-0.05, 0) is 63.2 Å². The fourth-order valence-electron chi connectivity index (χ4n) is 3.83. The van der Waals surface area contributed by atoms with Crippen molar-refractivity contribution in [1.82, 2.24) is 4.98 Å². The Morgan fingerprint density at radius 1 is 1.14 bits per heavy atom. The Morgan fingerprint density at radius 3 is 2.86 bits per heavy atom. The number of pyridine rings is 1. The minimum absolute atomic E-state index is 0.164. The Bertz CT molecular complexity index is 1190. The van der Waals surface area contributed by atoms with E-state index in [0.717, 1.165) is 24.2 Å². The van der Waals surface area contributed by atoms with Crippen LogP contribution in [0.15, 0.2) is 66.3 Å². The van der Waals surface area contributed by atoms with Gasteiger partial charge in [0.15, 0.2) is 0 Å². The number of fused-ring (bicyclic) bond motifs is 2. The van der Waals surface area contributed by atoms with Crippen molar-refractivity contribution in [3.63, 3.8) is 0 Å². The number of hydrogen-bond donors (Lipinski definition) is 0. The monoisotopic (exact) mass is 496 g/mol. The molecular weight excluding hydrogens is 479 g/mol. The average molecular weight is 496 g/mol. The Morgan fingerprint density at radius 2 is 2.00 bits per heavy atom. The summed E-state index contributed by atoms with van der Waals surface area (Å²) in [5, 5.41) is 3.41. The molecule has 0 fully saturated rings. The predicted molar refractivity (Wildman–Crippen MR) is 124 cm³/mol. The van der Waals surface area contributed by atoms with Crippen molar-refractivity contribution < 1.29 is 4.79 Å². The number of anilines is 1. The van der Waals surface area contributed by atoms with Crippen molar-refractivity contribution in [2.75, 3.05) is 11.4 Å². The van der Waals surface area contributed by atoms with E-state index < -0.39 is 0 Å². The van der Waals surface area contributed by atoms with E-state index in [1.54, 1.807) is 11.3 Å². The molecule has 5 heteroatoms. The lowest BCUT2D eigenvalue weighted by atomic mass is 10.0. The molecule has 0 atom stereocenters. The van der Waals surface area contributed by atoms with E-state index in [-0.39, 0.29) is 5.91 Å². The predicted octanol–water partition coefficient (Wildman–Crippen LogP) is 5.70. The number of benzene rings is 2. The molecule has 0 saturated carbocycles. The summed E-state index contributed by atoms with van der Waals surface area (Å²) in [4.78, 5) is 19.1. The topological polar surface area (TPSA) is 33.2 Å². The summed E-state index contributed by atoms with van der Waals surface area (Å²) in [5.41, 5.74) is 5.78. The fourth-order valence-corrected chi connectivity index (χ4v) is 5.62. The number of rotatable bonds is 3. The highest BCUT2D eigenvalue weighted by atomic mass is 127. The van der Waals surface area contributed by atoms with E-state index in [4.69, 9.17) is 0 Å². The lowest BCUT2D eigenvalue weighted by Crippen LogP contribution is -2.30. The first-order chi connectivity index (χ1) is 13.7. The lowest BCUT2D eigenvalue weighted by molar-refractivity contribution is -0.117. The zero-order valence-electron chi connectivity index (χ0n) is 15.1. The van der Waals surface area contributed by atoms with Crippen LogP contribution in [-0.2, 0) is 17.6 Å². The number of carbonyl (C=O) groups excluding carboxylic acids is 1. The molecular formula is C23H17IN2OS. The van der Waals surface area contributed by atoms with Crippen LogP contribution in [0.1, 0.15) is 11.1 Å². The van der Waals surface area contributed by atoms with Gasteiger partial charge in [-0.1, -0.05) is 36.4 Å². The van der Waals surface area contributed by atoms with Crippen molar-refractivity contribution in [2.24, 2.45) is 0 Å². The van der Waals surface area contributed by atoms with E-state index in [1.807, 2.05) is 47.6 Å². The van der Waals surface area contributed by atoms with Crippen LogP contribution >= 0.6 is 33.9 Å². The number of halogens is 1. The van der Waals surface area contributed by atoms with E-state index in [1.165, 1.54) is 30.3 Å². The molecule has 1 aliphatic heterocycles. The molecule has 0 saturated heterocycles. The standard InChI is InChI=1S/C23H17IN2OS/c24-20-13-25-12-18-19(14-28-23(18)20)16-6-7-21-17(11-16)8-9-26(21)22(27)10-15-4-2-1-3-5-15/h1-7,11-14H,8-10H2. The SMILES string of the molecule is O=C(Cc1ccccc1)N1CCc2cc(-c3csc4c(I)cncc34)ccc21. The summed E-state index contributed by atoms with van der Waals surface area (Å²) in [6.07, 6.45) is 5.21. The smallest absolute Gasteiger partial charge is 0.231 e. The minimum Gasteiger partial charge on any atom is -0.312 e. The maximum absolute atomic E-state index is 12.8. The number of aromatic nitrogens is 1. The van der Waals surface area contributed by atoms with Crippen LogP contribution in [0.25, 0.3) is 21.2 Å². The first-order valence-corrected chi connectivity index (χ1v) is 11.1. The van der Waals surface area contributed by atoms with Gasteiger partial charge in [-0.25, -0.2) is 0 Å². The first-order valence-electron chi connectivity index (χ1n) is 9.19. The second kappa shape index (κ2) is 7.29. The van der Waals surface area contributed by atoms with Crippen molar-refractivity contribution in [3.8, 4) is 11.1 Å². The second-order valence-electron chi connectivity index (χ2n) is 6.95. The summed E-state index contributed by atoms with van der Waals surface area (Å²) in [7, 11) is 0. The maximum atomic E-state index is 12.8. The summed E-state index contributed by atoms with van der Waals surface area (Å²) in [5.74, 6) is 0.164. The molecule has 0 aliphatic carbocycles. The van der Waals surface area contributed by atoms with Crippen molar-refractivity contribution in [1.29, 1.82) is 0 Å². The molecule has 5 rings (SSSR count). The summed E-state index contributed by atoms with van der Waals surface area (Å²) < 4.78 is 2.47. The van der Waals surface area contributed by atoms with Crippen LogP contribution < -0.4 is 4.90 Å². The van der Waals surface area contributed by atoms with Crippen LogP contribution in [0, 0.1) is 3.57 Å². The number of hydrogen-bond acceptors (Lipinski definition) is 3. The molecule has 0 bridgehead atoms. The second-order valence-corrected chi connectivity index (χ2v) is 8.99. The highest BCUT2D eigenvalue weighted by Crippen LogP contribution is 2.38. The van der Waals surface area contributed by atoms with Gasteiger partial charge in [0, 0.05) is 39.1 Å². The molecule has 2 aromatic heterocycles. The highest BCUT2D eigenvalue weighted by Gasteiger charge is 2.25. The molecule has 4 aromatic rings. The van der Waals surface area contributed by atoms with Gasteiger partial charge < -0.3 is 4.90 Å². The van der Waals surface area contributed by atoms with Crippen LogP contribution in [0.3, 0.4) is 0 Å². The molecule has 28 heavy (non-hydrogen) atoms. The van der Waals surface area contributed by atoms with E-state index in [2.05, 4.69) is 51.2 Å². The summed E-state index contributed by atoms with van der Waals surface area (Å²) >= 11 is 4.11. The number of amides is 1. The van der Waals surface area contributed by atoms with Crippen molar-refractivity contribution in [3.05, 3.63) is 81.0 Å². The van der Waals surface area contributed by atoms with Gasteiger partial charge in [0.2, 0.25) is 5.91 Å². The molecule has 138 valence electrons.